The molecule has 2 aliphatic rings. The standard InChI is InChI=1S/C21H28N2O2/c1-15-7-6-10-19(16(15)2)22-21(25)18-13-20(24)23(14-18)12-11-17-8-4-3-5-9-17/h6-8,10,18H,3-5,9,11-14H2,1-2H3,(H,22,25). The molecule has 0 radical (unpaired) electrons. The van der Waals surface area contributed by atoms with Gasteiger partial charge in [0, 0.05) is 25.2 Å². The molecule has 1 fully saturated rings. The highest BCUT2D eigenvalue weighted by molar-refractivity contribution is 5.97. The number of nitrogens with one attached hydrogen (secondary N) is 1. The zero-order chi connectivity index (χ0) is 17.8. The summed E-state index contributed by atoms with van der Waals surface area (Å²) in [5.74, 6) is -0.174. The minimum atomic E-state index is -0.243. The van der Waals surface area contributed by atoms with Crippen LogP contribution in [0.5, 0.6) is 0 Å². The van der Waals surface area contributed by atoms with Gasteiger partial charge in [-0.15, -0.1) is 0 Å². The Hall–Kier alpha value is -2.10. The predicted molar refractivity (Wildman–Crippen MR) is 100 cm³/mol. The summed E-state index contributed by atoms with van der Waals surface area (Å²) in [6.45, 7) is 5.33. The number of likely N-dealkylation sites (tertiary alicyclic amines) is 1. The minimum Gasteiger partial charge on any atom is -0.342 e. The molecule has 25 heavy (non-hydrogen) atoms. The summed E-state index contributed by atoms with van der Waals surface area (Å²) in [4.78, 5) is 26.7. The molecule has 1 saturated heterocycles. The summed E-state index contributed by atoms with van der Waals surface area (Å²) in [7, 11) is 0. The molecule has 3 rings (SSSR count). The first kappa shape index (κ1) is 17.7. The summed E-state index contributed by atoms with van der Waals surface area (Å²) in [6.07, 6.45) is 8.50. The molecule has 1 atom stereocenters. The predicted octanol–water partition coefficient (Wildman–Crippen LogP) is 3.98. The SMILES string of the molecule is Cc1cccc(NC(=O)C2CC(=O)N(CCC3=CCCCC3)C2)c1C. The topological polar surface area (TPSA) is 49.4 Å². The van der Waals surface area contributed by atoms with E-state index in [0.29, 0.717) is 13.0 Å². The molecule has 1 unspecified atom stereocenters. The van der Waals surface area contributed by atoms with Gasteiger partial charge in [0.05, 0.1) is 5.92 Å². The Morgan fingerprint density at radius 2 is 2.12 bits per heavy atom. The van der Waals surface area contributed by atoms with Crippen LogP contribution in [-0.2, 0) is 9.59 Å². The van der Waals surface area contributed by atoms with Crippen LogP contribution in [0.2, 0.25) is 0 Å². The van der Waals surface area contributed by atoms with Crippen molar-refractivity contribution in [1.82, 2.24) is 4.90 Å². The summed E-state index contributed by atoms with van der Waals surface area (Å²) in [5.41, 5.74) is 4.56. The molecule has 134 valence electrons. The Balaban J connectivity index is 1.55. The van der Waals surface area contributed by atoms with Crippen LogP contribution < -0.4 is 5.32 Å². The van der Waals surface area contributed by atoms with E-state index >= 15 is 0 Å². The lowest BCUT2D eigenvalue weighted by molar-refractivity contribution is -0.128. The van der Waals surface area contributed by atoms with Gasteiger partial charge in [0.15, 0.2) is 0 Å². The van der Waals surface area contributed by atoms with Gasteiger partial charge < -0.3 is 10.2 Å². The maximum absolute atomic E-state index is 12.6. The number of carbonyl (C=O) groups is 2. The third-order valence-corrected chi connectivity index (χ3v) is 5.54. The molecule has 0 bridgehead atoms. The van der Waals surface area contributed by atoms with Gasteiger partial charge in [-0.25, -0.2) is 0 Å². The van der Waals surface area contributed by atoms with Crippen LogP contribution in [0, 0.1) is 19.8 Å². The second-order valence-corrected chi connectivity index (χ2v) is 7.34. The lowest BCUT2D eigenvalue weighted by Crippen LogP contribution is -2.29. The maximum Gasteiger partial charge on any atom is 0.229 e. The van der Waals surface area contributed by atoms with E-state index in [1.807, 2.05) is 36.9 Å². The Morgan fingerprint density at radius 1 is 1.28 bits per heavy atom. The van der Waals surface area contributed by atoms with Gasteiger partial charge in [-0.3, -0.25) is 9.59 Å². The van der Waals surface area contributed by atoms with Crippen LogP contribution in [-0.4, -0.2) is 29.8 Å². The molecule has 1 aromatic rings. The first-order valence-electron chi connectivity index (χ1n) is 9.37. The van der Waals surface area contributed by atoms with Crippen molar-refractivity contribution in [3.05, 3.63) is 41.0 Å². The number of carbonyl (C=O) groups excluding carboxylic acids is 2. The summed E-state index contributed by atoms with van der Waals surface area (Å²) < 4.78 is 0. The molecule has 0 aromatic heterocycles. The average Bonchev–Trinajstić information content (AvgIpc) is 2.99. The molecule has 1 N–H and O–H groups in total. The first-order chi connectivity index (χ1) is 12.0. The highest BCUT2D eigenvalue weighted by Crippen LogP contribution is 2.25. The number of nitrogens with zero attached hydrogens (tertiary/aromatic N) is 1. The van der Waals surface area contributed by atoms with E-state index in [4.69, 9.17) is 0 Å². The van der Waals surface area contributed by atoms with Gasteiger partial charge >= 0.3 is 0 Å². The Bertz CT molecular complexity index is 693. The van der Waals surface area contributed by atoms with Crippen LogP contribution in [0.15, 0.2) is 29.8 Å². The molecule has 2 amide bonds. The van der Waals surface area contributed by atoms with Crippen LogP contribution >= 0.6 is 0 Å². The van der Waals surface area contributed by atoms with E-state index < -0.39 is 0 Å². The van der Waals surface area contributed by atoms with Crippen molar-refractivity contribution in [2.75, 3.05) is 18.4 Å². The van der Waals surface area contributed by atoms with Crippen molar-refractivity contribution in [3.8, 4) is 0 Å². The molecule has 4 heteroatoms. The monoisotopic (exact) mass is 340 g/mol. The number of benzene rings is 1. The van der Waals surface area contributed by atoms with Gasteiger partial charge in [-0.05, 0) is 63.1 Å². The zero-order valence-corrected chi connectivity index (χ0v) is 15.3. The smallest absolute Gasteiger partial charge is 0.229 e. The molecule has 1 aliphatic carbocycles. The van der Waals surface area contributed by atoms with Crippen LogP contribution in [0.1, 0.15) is 49.7 Å². The number of amides is 2. The largest absolute Gasteiger partial charge is 0.342 e. The van der Waals surface area contributed by atoms with E-state index in [9.17, 15) is 9.59 Å². The van der Waals surface area contributed by atoms with Crippen LogP contribution in [0.4, 0.5) is 5.69 Å². The van der Waals surface area contributed by atoms with Gasteiger partial charge in [0.25, 0.3) is 0 Å². The van der Waals surface area contributed by atoms with Gasteiger partial charge in [0.1, 0.15) is 0 Å². The number of rotatable bonds is 5. The summed E-state index contributed by atoms with van der Waals surface area (Å²) in [5, 5.41) is 3.01. The molecule has 0 saturated carbocycles. The van der Waals surface area contributed by atoms with Crippen molar-refractivity contribution in [1.29, 1.82) is 0 Å². The number of hydrogen-bond acceptors (Lipinski definition) is 2. The third kappa shape index (κ3) is 4.30. The van der Waals surface area contributed by atoms with Gasteiger partial charge in [-0.1, -0.05) is 23.8 Å². The van der Waals surface area contributed by atoms with E-state index in [2.05, 4.69) is 11.4 Å². The van der Waals surface area contributed by atoms with Crippen molar-refractivity contribution >= 4 is 17.5 Å². The lowest BCUT2D eigenvalue weighted by atomic mass is 9.97. The number of anilines is 1. The third-order valence-electron chi connectivity index (χ3n) is 5.54. The second kappa shape index (κ2) is 7.85. The highest BCUT2D eigenvalue weighted by Gasteiger charge is 2.34. The van der Waals surface area contributed by atoms with Gasteiger partial charge in [-0.2, -0.15) is 0 Å². The number of hydrogen-bond donors (Lipinski definition) is 1. The normalized spacial score (nSPS) is 20.6. The van der Waals surface area contributed by atoms with E-state index in [1.165, 1.54) is 31.3 Å². The van der Waals surface area contributed by atoms with E-state index in [-0.39, 0.29) is 17.7 Å². The lowest BCUT2D eigenvalue weighted by Gasteiger charge is -2.19. The molecular formula is C21H28N2O2. The van der Waals surface area contributed by atoms with Crippen LogP contribution in [0.3, 0.4) is 0 Å². The molecule has 1 aromatic carbocycles. The molecule has 1 aliphatic heterocycles. The van der Waals surface area contributed by atoms with Crippen molar-refractivity contribution in [2.45, 2.75) is 52.4 Å². The highest BCUT2D eigenvalue weighted by atomic mass is 16.2. The van der Waals surface area contributed by atoms with Crippen LogP contribution in [0.25, 0.3) is 0 Å². The fourth-order valence-electron chi connectivity index (χ4n) is 3.70. The Labute approximate surface area is 150 Å². The van der Waals surface area contributed by atoms with Gasteiger partial charge in [0.2, 0.25) is 11.8 Å². The van der Waals surface area contributed by atoms with Crippen molar-refractivity contribution in [3.63, 3.8) is 0 Å². The first-order valence-corrected chi connectivity index (χ1v) is 9.37. The van der Waals surface area contributed by atoms with Crippen molar-refractivity contribution in [2.24, 2.45) is 5.92 Å². The van der Waals surface area contributed by atoms with E-state index in [1.54, 1.807) is 0 Å². The quantitative estimate of drug-likeness (QED) is 0.824. The summed E-state index contributed by atoms with van der Waals surface area (Å²) >= 11 is 0. The Kier molecular flexibility index (Phi) is 5.57. The number of allylic oxidation sites excluding steroid dienone is 1. The fraction of sp³-hybridized carbons (Fsp3) is 0.524. The second-order valence-electron chi connectivity index (χ2n) is 7.34. The average molecular weight is 340 g/mol. The van der Waals surface area contributed by atoms with E-state index in [0.717, 1.165) is 29.8 Å². The Morgan fingerprint density at radius 3 is 2.88 bits per heavy atom. The zero-order valence-electron chi connectivity index (χ0n) is 15.3. The van der Waals surface area contributed by atoms with Crippen molar-refractivity contribution < 1.29 is 9.59 Å². The maximum atomic E-state index is 12.6. The summed E-state index contributed by atoms with van der Waals surface area (Å²) in [6, 6.07) is 5.90. The molecule has 4 nitrogen and oxygen atoms in total. The fourth-order valence-corrected chi connectivity index (χ4v) is 3.70. The minimum absolute atomic E-state index is 0.0403. The molecular weight excluding hydrogens is 312 g/mol. The molecule has 0 spiro atoms. The molecule has 1 heterocycles. The number of aryl methyl sites for hydroxylation is 1.